The summed E-state index contributed by atoms with van der Waals surface area (Å²) in [6.45, 7) is 1.21. The molecule has 0 bridgehead atoms. The number of ether oxygens (including phenoxy) is 3. The number of aliphatic carboxylic acids is 1. The van der Waals surface area contributed by atoms with Crippen molar-refractivity contribution < 1.29 is 50.5 Å². The second kappa shape index (κ2) is 10.6. The molecule has 13 heteroatoms. The quantitative estimate of drug-likeness (QED) is 0.216. The molecular formula is C21H16Cl2F6O5. The Balaban J connectivity index is 2.30. The Kier molecular flexibility index (Phi) is 8.59. The molecule has 0 fully saturated rings. The maximum atomic E-state index is 13.6. The Labute approximate surface area is 199 Å². The van der Waals surface area contributed by atoms with E-state index >= 15 is 0 Å². The van der Waals surface area contributed by atoms with Crippen LogP contribution in [-0.4, -0.2) is 36.6 Å². The molecule has 0 spiro atoms. The van der Waals surface area contributed by atoms with E-state index in [0.717, 1.165) is 12.1 Å². The van der Waals surface area contributed by atoms with Crippen LogP contribution in [0.25, 0.3) is 5.57 Å². The van der Waals surface area contributed by atoms with Crippen LogP contribution in [0.2, 0.25) is 10.0 Å². The zero-order valence-corrected chi connectivity index (χ0v) is 18.9. The summed E-state index contributed by atoms with van der Waals surface area (Å²) >= 11 is 11.6. The molecule has 0 heterocycles. The van der Waals surface area contributed by atoms with Crippen molar-refractivity contribution >= 4 is 34.7 Å². The van der Waals surface area contributed by atoms with Crippen molar-refractivity contribution in [3.63, 3.8) is 0 Å². The number of carboxylic acids is 1. The van der Waals surface area contributed by atoms with E-state index in [2.05, 4.69) is 4.74 Å². The van der Waals surface area contributed by atoms with Gasteiger partial charge in [-0.3, -0.25) is 0 Å². The second-order valence-corrected chi connectivity index (χ2v) is 7.48. The van der Waals surface area contributed by atoms with Gasteiger partial charge in [0.2, 0.25) is 0 Å². The molecule has 1 unspecified atom stereocenters. The molecule has 186 valence electrons. The number of allylic oxidation sites excluding steroid dienone is 1. The van der Waals surface area contributed by atoms with Gasteiger partial charge in [0.25, 0.3) is 6.17 Å². The molecule has 1 atom stereocenters. The number of hydrogen-bond acceptors (Lipinski definition) is 4. The van der Waals surface area contributed by atoms with Gasteiger partial charge in [-0.15, -0.1) is 0 Å². The first kappa shape index (κ1) is 27.5. The van der Waals surface area contributed by atoms with Gasteiger partial charge in [-0.2, -0.15) is 22.0 Å². The molecule has 5 nitrogen and oxygen atoms in total. The first-order chi connectivity index (χ1) is 15.7. The fraction of sp³-hybridized carbons (Fsp3) is 0.286. The minimum Gasteiger partial charge on any atom is -0.500 e. The summed E-state index contributed by atoms with van der Waals surface area (Å²) in [5, 5.41) is 8.19. The van der Waals surface area contributed by atoms with E-state index in [9.17, 15) is 36.2 Å². The summed E-state index contributed by atoms with van der Waals surface area (Å²) in [7, 11) is 1.30. The fourth-order valence-electron chi connectivity index (χ4n) is 2.70. The molecule has 2 rings (SSSR count). The van der Waals surface area contributed by atoms with Crippen molar-refractivity contribution in [3.8, 4) is 11.5 Å². The highest BCUT2D eigenvalue weighted by molar-refractivity contribution is 6.37. The van der Waals surface area contributed by atoms with Crippen LogP contribution < -0.4 is 9.47 Å². The van der Waals surface area contributed by atoms with Gasteiger partial charge in [-0.05, 0) is 18.1 Å². The Bertz CT molecular complexity index is 1060. The molecule has 0 amide bonds. The van der Waals surface area contributed by atoms with Crippen molar-refractivity contribution in [1.29, 1.82) is 0 Å². The maximum absolute atomic E-state index is 13.6. The normalized spacial score (nSPS) is 13.7. The summed E-state index contributed by atoms with van der Waals surface area (Å²) in [6.07, 6.45) is -15.8. The van der Waals surface area contributed by atoms with Crippen LogP contribution in [0.3, 0.4) is 0 Å². The number of halogens is 8. The van der Waals surface area contributed by atoms with Crippen LogP contribution >= 0.6 is 23.2 Å². The Morgan fingerprint density at radius 1 is 1.09 bits per heavy atom. The summed E-state index contributed by atoms with van der Waals surface area (Å²) < 4.78 is 91.6. The lowest BCUT2D eigenvalue weighted by molar-refractivity contribution is -0.304. The van der Waals surface area contributed by atoms with Crippen LogP contribution in [0, 0.1) is 0 Å². The molecule has 0 aliphatic carbocycles. The molecule has 0 saturated heterocycles. The number of rotatable bonds is 9. The number of methoxy groups -OCH3 is 1. The highest BCUT2D eigenvalue weighted by atomic mass is 35.5. The van der Waals surface area contributed by atoms with Gasteiger partial charge in [0.1, 0.15) is 23.7 Å². The van der Waals surface area contributed by atoms with Crippen molar-refractivity contribution in [1.82, 2.24) is 0 Å². The van der Waals surface area contributed by atoms with Gasteiger partial charge in [0, 0.05) is 12.1 Å². The molecule has 0 radical (unpaired) electrons. The first-order valence-electron chi connectivity index (χ1n) is 9.15. The smallest absolute Gasteiger partial charge is 0.439 e. The number of carboxylic acid groups (broad SMARTS) is 1. The summed E-state index contributed by atoms with van der Waals surface area (Å²) in [5.74, 6) is -2.33. The van der Waals surface area contributed by atoms with Crippen molar-refractivity contribution in [2.75, 3.05) is 7.11 Å². The van der Waals surface area contributed by atoms with Crippen molar-refractivity contribution in [2.24, 2.45) is 0 Å². The second-order valence-electron chi connectivity index (χ2n) is 6.67. The van der Waals surface area contributed by atoms with Crippen molar-refractivity contribution in [3.05, 3.63) is 63.3 Å². The van der Waals surface area contributed by atoms with Crippen LogP contribution in [0.1, 0.15) is 18.1 Å². The summed E-state index contributed by atoms with van der Waals surface area (Å²) in [6, 6.07) is 8.09. The van der Waals surface area contributed by atoms with Gasteiger partial charge in [0.05, 0.1) is 17.2 Å². The van der Waals surface area contributed by atoms with E-state index in [1.165, 1.54) is 20.1 Å². The molecule has 34 heavy (non-hydrogen) atoms. The average Bonchev–Trinajstić information content (AvgIpc) is 2.74. The number of carbonyl (C=O) groups is 1. The Hall–Kier alpha value is -2.79. The third-order valence-corrected chi connectivity index (χ3v) is 4.91. The van der Waals surface area contributed by atoms with Gasteiger partial charge in [0.15, 0.2) is 5.75 Å². The predicted octanol–water partition coefficient (Wildman–Crippen LogP) is 6.91. The van der Waals surface area contributed by atoms with Crippen molar-refractivity contribution in [2.45, 2.75) is 32.0 Å². The highest BCUT2D eigenvalue weighted by Crippen LogP contribution is 2.43. The molecule has 1 N–H and O–H groups in total. The van der Waals surface area contributed by atoms with Gasteiger partial charge in [-0.25, -0.2) is 9.18 Å². The zero-order valence-electron chi connectivity index (χ0n) is 17.4. The number of alkyl halides is 6. The third-order valence-electron chi connectivity index (χ3n) is 4.35. The molecule has 0 aromatic heterocycles. The van der Waals surface area contributed by atoms with E-state index < -0.39 is 40.2 Å². The molecule has 0 aliphatic heterocycles. The number of benzene rings is 2. The van der Waals surface area contributed by atoms with Crippen LogP contribution in [0.5, 0.6) is 11.5 Å². The van der Waals surface area contributed by atoms with E-state index in [0.29, 0.717) is 5.56 Å². The van der Waals surface area contributed by atoms with E-state index in [1.54, 1.807) is 18.2 Å². The van der Waals surface area contributed by atoms with Crippen LogP contribution in [0.15, 0.2) is 42.2 Å². The Morgan fingerprint density at radius 3 is 2.15 bits per heavy atom. The molecule has 0 aliphatic rings. The number of hydrogen-bond donors (Lipinski definition) is 1. The SMILES string of the molecule is COC(C)=C(C(=O)O)c1ccccc1COc1cc(Cl)c(OC(F)(F)C(F)C(F)(F)F)c(Cl)c1. The predicted molar refractivity (Wildman–Crippen MR) is 111 cm³/mol. The maximum Gasteiger partial charge on any atom is 0.439 e. The molecule has 2 aromatic carbocycles. The minimum absolute atomic E-state index is 0.114. The highest BCUT2D eigenvalue weighted by Gasteiger charge is 2.59. The largest absolute Gasteiger partial charge is 0.500 e. The summed E-state index contributed by atoms with van der Waals surface area (Å²) in [5.41, 5.74) is 0.530. The van der Waals surface area contributed by atoms with Crippen LogP contribution in [-0.2, 0) is 16.1 Å². The van der Waals surface area contributed by atoms with E-state index in [1.807, 2.05) is 0 Å². The molecule has 0 saturated carbocycles. The summed E-state index contributed by atoms with van der Waals surface area (Å²) in [4.78, 5) is 11.7. The average molecular weight is 533 g/mol. The molecule has 2 aromatic rings. The standard InChI is InChI=1S/C21H16Cl2F6O5/c1-10(32-2)16(18(30)31)13-6-4-3-5-11(13)9-33-12-7-14(22)17(15(23)8-12)34-21(28,29)19(24)20(25,26)27/h3-8,19H,9H2,1-2H3,(H,30,31). The zero-order chi connectivity index (χ0) is 25.8. The van der Waals surface area contributed by atoms with E-state index in [4.69, 9.17) is 32.7 Å². The lowest BCUT2D eigenvalue weighted by atomic mass is 9.99. The topological polar surface area (TPSA) is 65.0 Å². The van der Waals surface area contributed by atoms with Gasteiger partial charge < -0.3 is 19.3 Å². The third kappa shape index (κ3) is 6.41. The van der Waals surface area contributed by atoms with Gasteiger partial charge in [-0.1, -0.05) is 47.5 Å². The van der Waals surface area contributed by atoms with E-state index in [-0.39, 0.29) is 29.3 Å². The lowest BCUT2D eigenvalue weighted by Gasteiger charge is -2.24. The minimum atomic E-state index is -5.89. The monoisotopic (exact) mass is 532 g/mol. The molecular weight excluding hydrogens is 517 g/mol. The Morgan fingerprint density at radius 2 is 1.65 bits per heavy atom. The van der Waals surface area contributed by atoms with Crippen LogP contribution in [0.4, 0.5) is 26.3 Å². The first-order valence-corrected chi connectivity index (χ1v) is 9.90. The van der Waals surface area contributed by atoms with Gasteiger partial charge >= 0.3 is 18.3 Å². The lowest BCUT2D eigenvalue weighted by Crippen LogP contribution is -2.45. The fourth-order valence-corrected chi connectivity index (χ4v) is 3.25.